The zero-order valence-corrected chi connectivity index (χ0v) is 13.8. The fraction of sp³-hybridized carbons (Fsp3) is 0.933. The van der Waals surface area contributed by atoms with E-state index in [2.05, 4.69) is 0 Å². The summed E-state index contributed by atoms with van der Waals surface area (Å²) in [5, 5.41) is 44.8. The summed E-state index contributed by atoms with van der Waals surface area (Å²) in [6.45, 7) is 0.0569. The highest BCUT2D eigenvalue weighted by Gasteiger charge is 2.41. The topological polar surface area (TPSA) is 179 Å². The third-order valence-corrected chi connectivity index (χ3v) is 4.82. The Hall–Kier alpha value is -0.810. The van der Waals surface area contributed by atoms with E-state index >= 15 is 0 Å². The van der Waals surface area contributed by atoms with Crippen molar-refractivity contribution in [2.45, 2.75) is 69.2 Å². The minimum absolute atomic E-state index is 0.0793. The van der Waals surface area contributed by atoms with Crippen LogP contribution in [0.1, 0.15) is 38.5 Å². The predicted octanol–water partition coefficient (Wildman–Crippen LogP) is -1.88. The fourth-order valence-electron chi connectivity index (χ4n) is 3.19. The van der Waals surface area contributed by atoms with Crippen LogP contribution >= 0.6 is 0 Å². The lowest BCUT2D eigenvalue weighted by molar-refractivity contribution is -0.248. The van der Waals surface area contributed by atoms with Gasteiger partial charge in [0, 0.05) is 0 Å². The number of hydrogen-bond donors (Lipinski definition) is 7. The molecule has 0 aromatic rings. The smallest absolute Gasteiger partial charge is 0.303 e. The summed E-state index contributed by atoms with van der Waals surface area (Å²) in [4.78, 5) is 10.6. The van der Waals surface area contributed by atoms with Crippen LogP contribution < -0.4 is 11.5 Å². The van der Waals surface area contributed by atoms with Crippen molar-refractivity contribution in [1.82, 2.24) is 0 Å². The van der Waals surface area contributed by atoms with E-state index < -0.39 is 43.2 Å². The van der Waals surface area contributed by atoms with Crippen LogP contribution in [0.4, 0.5) is 0 Å². The van der Waals surface area contributed by atoms with Gasteiger partial charge in [0.2, 0.25) is 0 Å². The molecule has 0 amide bonds. The maximum absolute atomic E-state index is 10.6. The zero-order valence-electron chi connectivity index (χ0n) is 13.8. The molecule has 0 bridgehead atoms. The SMILES string of the molecule is NCC1(CC(=O)O)CCCCC1.N[C@@H]1[C@@H](O)[C@H](O)[C@@H](CO)O[C@H]1O. The zero-order chi connectivity index (χ0) is 18.3. The molecule has 9 heteroatoms. The lowest BCUT2D eigenvalue weighted by atomic mass is 9.72. The Morgan fingerprint density at radius 1 is 1.12 bits per heavy atom. The van der Waals surface area contributed by atoms with Crippen LogP contribution in [0.3, 0.4) is 0 Å². The highest BCUT2D eigenvalue weighted by molar-refractivity contribution is 5.67. The molecule has 0 radical (unpaired) electrons. The molecule has 5 atom stereocenters. The van der Waals surface area contributed by atoms with Crippen LogP contribution in [-0.2, 0) is 9.53 Å². The van der Waals surface area contributed by atoms with E-state index in [9.17, 15) is 15.0 Å². The fourth-order valence-corrected chi connectivity index (χ4v) is 3.19. The molecule has 0 spiro atoms. The third kappa shape index (κ3) is 5.62. The second kappa shape index (κ2) is 9.62. The molecule has 0 aromatic carbocycles. The van der Waals surface area contributed by atoms with E-state index in [1.54, 1.807) is 0 Å². The van der Waals surface area contributed by atoms with E-state index in [0.717, 1.165) is 25.7 Å². The van der Waals surface area contributed by atoms with Gasteiger partial charge in [-0.1, -0.05) is 19.3 Å². The Bertz CT molecular complexity index is 385. The van der Waals surface area contributed by atoms with Crippen molar-refractivity contribution < 1.29 is 35.1 Å². The number of carboxylic acids is 1. The average molecular weight is 350 g/mol. The van der Waals surface area contributed by atoms with Crippen LogP contribution in [0.5, 0.6) is 0 Å². The quantitative estimate of drug-likeness (QED) is 0.305. The maximum atomic E-state index is 10.6. The first-order chi connectivity index (χ1) is 11.3. The van der Waals surface area contributed by atoms with Gasteiger partial charge in [0.25, 0.3) is 0 Å². The summed E-state index contributed by atoms with van der Waals surface area (Å²) in [5.41, 5.74) is 10.8. The van der Waals surface area contributed by atoms with E-state index in [4.69, 9.17) is 31.5 Å². The van der Waals surface area contributed by atoms with Gasteiger partial charge in [-0.3, -0.25) is 4.79 Å². The molecule has 0 aromatic heterocycles. The molecule has 1 heterocycles. The van der Waals surface area contributed by atoms with E-state index in [1.165, 1.54) is 6.42 Å². The van der Waals surface area contributed by atoms with E-state index in [0.29, 0.717) is 6.54 Å². The summed E-state index contributed by atoms with van der Waals surface area (Å²) in [6.07, 6.45) is 0.917. The molecular weight excluding hydrogens is 320 g/mol. The molecule has 2 aliphatic rings. The lowest BCUT2D eigenvalue weighted by Crippen LogP contribution is -2.61. The largest absolute Gasteiger partial charge is 0.481 e. The standard InChI is InChI=1S/C9H17NO2.C6H13NO5/c10-7-9(6-8(11)12)4-2-1-3-5-9;7-3-5(10)4(9)2(1-8)12-6(3)11/h1-7,10H2,(H,11,12);2-6,8-11H,1,7H2/t;2-,3-,4-,5-,6-/m.1/s1. The Balaban J connectivity index is 0.000000240. The monoisotopic (exact) mass is 350 g/mol. The van der Waals surface area contributed by atoms with Gasteiger partial charge in [-0.15, -0.1) is 0 Å². The number of carbonyl (C=O) groups is 1. The minimum atomic E-state index is -1.35. The molecule has 1 saturated carbocycles. The second-order valence-electron chi connectivity index (χ2n) is 6.64. The number of hydrogen-bond acceptors (Lipinski definition) is 8. The number of nitrogens with two attached hydrogens (primary N) is 2. The molecule has 9 N–H and O–H groups in total. The van der Waals surface area contributed by atoms with E-state index in [1.807, 2.05) is 0 Å². The van der Waals surface area contributed by atoms with Crippen molar-refractivity contribution in [3.8, 4) is 0 Å². The molecule has 1 aliphatic carbocycles. The Kier molecular flexibility index (Phi) is 8.51. The van der Waals surface area contributed by atoms with Crippen LogP contribution in [-0.4, -0.2) is 75.3 Å². The van der Waals surface area contributed by atoms with Gasteiger partial charge < -0.3 is 41.7 Å². The molecule has 1 saturated heterocycles. The minimum Gasteiger partial charge on any atom is -0.481 e. The predicted molar refractivity (Wildman–Crippen MR) is 84.8 cm³/mol. The van der Waals surface area contributed by atoms with Gasteiger partial charge in [0.05, 0.1) is 19.1 Å². The average Bonchev–Trinajstić information content (AvgIpc) is 2.57. The summed E-state index contributed by atoms with van der Waals surface area (Å²) < 4.78 is 4.70. The van der Waals surface area contributed by atoms with Gasteiger partial charge in [-0.2, -0.15) is 0 Å². The van der Waals surface area contributed by atoms with Crippen molar-refractivity contribution in [3.63, 3.8) is 0 Å². The van der Waals surface area contributed by atoms with Gasteiger partial charge in [0.15, 0.2) is 6.29 Å². The molecule has 1 aliphatic heterocycles. The molecule has 2 rings (SSSR count). The van der Waals surface area contributed by atoms with Crippen LogP contribution in [0.2, 0.25) is 0 Å². The Morgan fingerprint density at radius 2 is 1.71 bits per heavy atom. The van der Waals surface area contributed by atoms with Gasteiger partial charge in [-0.05, 0) is 24.8 Å². The first kappa shape index (κ1) is 21.2. The normalized spacial score (nSPS) is 35.7. The Morgan fingerprint density at radius 3 is 2.17 bits per heavy atom. The summed E-state index contributed by atoms with van der Waals surface area (Å²) in [5.74, 6) is -0.706. The maximum Gasteiger partial charge on any atom is 0.303 e. The van der Waals surface area contributed by atoms with Crippen LogP contribution in [0.15, 0.2) is 0 Å². The number of aliphatic carboxylic acids is 1. The van der Waals surface area contributed by atoms with Crippen molar-refractivity contribution in [2.75, 3.05) is 13.2 Å². The van der Waals surface area contributed by atoms with Crippen LogP contribution in [0.25, 0.3) is 0 Å². The molecule has 0 unspecified atom stereocenters. The van der Waals surface area contributed by atoms with Crippen molar-refractivity contribution >= 4 is 5.97 Å². The third-order valence-electron chi connectivity index (χ3n) is 4.82. The summed E-state index contributed by atoms with van der Waals surface area (Å²) >= 11 is 0. The highest BCUT2D eigenvalue weighted by Crippen LogP contribution is 2.38. The molecular formula is C15H30N2O7. The van der Waals surface area contributed by atoms with Crippen molar-refractivity contribution in [2.24, 2.45) is 16.9 Å². The molecule has 2 fully saturated rings. The number of rotatable bonds is 4. The number of aliphatic hydroxyl groups is 4. The first-order valence-electron chi connectivity index (χ1n) is 8.24. The molecule has 9 nitrogen and oxygen atoms in total. The summed E-state index contributed by atoms with van der Waals surface area (Å²) in [6, 6.07) is -1.04. The Labute approximate surface area is 141 Å². The number of ether oxygens (including phenoxy) is 1. The van der Waals surface area contributed by atoms with Gasteiger partial charge >= 0.3 is 5.97 Å². The van der Waals surface area contributed by atoms with Crippen molar-refractivity contribution in [1.29, 1.82) is 0 Å². The second-order valence-corrected chi connectivity index (χ2v) is 6.64. The number of aliphatic hydroxyl groups excluding tert-OH is 4. The molecule has 142 valence electrons. The van der Waals surface area contributed by atoms with E-state index in [-0.39, 0.29) is 11.8 Å². The first-order valence-corrected chi connectivity index (χ1v) is 8.24. The highest BCUT2D eigenvalue weighted by atomic mass is 16.6. The lowest BCUT2D eigenvalue weighted by Gasteiger charge is -2.38. The van der Waals surface area contributed by atoms with Crippen molar-refractivity contribution in [3.05, 3.63) is 0 Å². The van der Waals surface area contributed by atoms with Gasteiger partial charge in [0.1, 0.15) is 18.3 Å². The van der Waals surface area contributed by atoms with Gasteiger partial charge in [-0.25, -0.2) is 0 Å². The summed E-state index contributed by atoms with van der Waals surface area (Å²) in [7, 11) is 0. The van der Waals surface area contributed by atoms with Crippen LogP contribution in [0, 0.1) is 5.41 Å². The number of carboxylic acid groups (broad SMARTS) is 1. The molecule has 24 heavy (non-hydrogen) atoms.